The van der Waals surface area contributed by atoms with E-state index in [0.717, 1.165) is 12.1 Å². The highest BCUT2D eigenvalue weighted by Gasteiger charge is 2.34. The number of piperidine rings is 1. The fourth-order valence-electron chi connectivity index (χ4n) is 4.17. The number of benzene rings is 2. The summed E-state index contributed by atoms with van der Waals surface area (Å²) in [4.78, 5) is 42.9. The van der Waals surface area contributed by atoms with Crippen LogP contribution in [-0.4, -0.2) is 64.3 Å². The number of carbonyl (C=O) groups is 3. The summed E-state index contributed by atoms with van der Waals surface area (Å²) in [5, 5.41) is 5.24. The molecule has 1 aromatic heterocycles. The highest BCUT2D eigenvalue weighted by molar-refractivity contribution is 6.34. The van der Waals surface area contributed by atoms with Crippen molar-refractivity contribution in [2.75, 3.05) is 31.5 Å². The van der Waals surface area contributed by atoms with Gasteiger partial charge in [-0.1, -0.05) is 11.6 Å². The number of rotatable bonds is 8. The number of nitrogens with zero attached hydrogens (tertiary/aromatic N) is 3. The van der Waals surface area contributed by atoms with E-state index >= 15 is 0 Å². The molecule has 38 heavy (non-hydrogen) atoms. The number of imidazole rings is 1. The van der Waals surface area contributed by atoms with Crippen molar-refractivity contribution < 1.29 is 27.6 Å². The number of hydrogen-bond donors (Lipinski definition) is 3. The standard InChI is InChI=1S/C25H24ClF3N6O3/c26-19-12-15(27)2-7-18(19)23(37)33-16-3-5-17(6-4-16)35-14-32-20(22(30)36)21(35)24(38)31-9-11-34-10-1-8-25(28,29)13-34/h2-7,12,14H,1,8-11,13H2,(H2,30,36)(H,31,38)(H,33,37). The molecule has 1 aliphatic heterocycles. The minimum Gasteiger partial charge on any atom is -0.364 e. The molecule has 1 saturated heterocycles. The number of anilines is 1. The summed E-state index contributed by atoms with van der Waals surface area (Å²) >= 11 is 5.94. The first-order chi connectivity index (χ1) is 18.0. The van der Waals surface area contributed by atoms with E-state index in [-0.39, 0.29) is 48.0 Å². The van der Waals surface area contributed by atoms with E-state index in [1.165, 1.54) is 17.0 Å². The lowest BCUT2D eigenvalue weighted by Gasteiger charge is -2.32. The van der Waals surface area contributed by atoms with Crippen molar-refractivity contribution in [3.05, 3.63) is 76.6 Å². The minimum atomic E-state index is -2.75. The SMILES string of the molecule is NC(=O)c1ncn(-c2ccc(NC(=O)c3ccc(F)cc3Cl)cc2)c1C(=O)NCCN1CCCC(F)(F)C1. The Kier molecular flexibility index (Phi) is 8.02. The maximum Gasteiger partial charge on any atom is 0.270 e. The molecular weight excluding hydrogens is 525 g/mol. The summed E-state index contributed by atoms with van der Waals surface area (Å²) in [6.07, 6.45) is 1.47. The highest BCUT2D eigenvalue weighted by atomic mass is 35.5. The average Bonchev–Trinajstić information content (AvgIpc) is 3.29. The number of hydrogen-bond acceptors (Lipinski definition) is 5. The normalized spacial score (nSPS) is 15.2. The molecule has 1 fully saturated rings. The Morgan fingerprint density at radius 3 is 2.50 bits per heavy atom. The van der Waals surface area contributed by atoms with Gasteiger partial charge in [0.15, 0.2) is 5.69 Å². The predicted molar refractivity (Wildman–Crippen MR) is 134 cm³/mol. The van der Waals surface area contributed by atoms with Crippen molar-refractivity contribution in [1.29, 1.82) is 0 Å². The smallest absolute Gasteiger partial charge is 0.270 e. The number of amides is 3. The maximum atomic E-state index is 13.6. The van der Waals surface area contributed by atoms with Gasteiger partial charge < -0.3 is 16.4 Å². The Balaban J connectivity index is 1.46. The Morgan fingerprint density at radius 1 is 1.11 bits per heavy atom. The van der Waals surface area contributed by atoms with Crippen LogP contribution < -0.4 is 16.4 Å². The minimum absolute atomic E-state index is 0.0406. The zero-order chi connectivity index (χ0) is 27.4. The van der Waals surface area contributed by atoms with Gasteiger partial charge in [-0.25, -0.2) is 18.2 Å². The second-order valence-corrected chi connectivity index (χ2v) is 9.20. The van der Waals surface area contributed by atoms with Crippen LogP contribution in [0, 0.1) is 5.82 Å². The van der Waals surface area contributed by atoms with Crippen LogP contribution in [-0.2, 0) is 0 Å². The number of primary amides is 1. The Bertz CT molecular complexity index is 1360. The molecule has 0 saturated carbocycles. The number of nitrogens with one attached hydrogen (secondary N) is 2. The number of carbonyl (C=O) groups excluding carboxylic acids is 3. The monoisotopic (exact) mass is 548 g/mol. The van der Waals surface area contributed by atoms with Gasteiger partial charge in [0.05, 0.1) is 17.1 Å². The molecule has 2 heterocycles. The third kappa shape index (κ3) is 6.32. The number of alkyl halides is 2. The third-order valence-electron chi connectivity index (χ3n) is 5.98. The van der Waals surface area contributed by atoms with Gasteiger partial charge in [0.25, 0.3) is 23.6 Å². The fraction of sp³-hybridized carbons (Fsp3) is 0.280. The number of nitrogens with two attached hydrogens (primary N) is 1. The molecule has 0 atom stereocenters. The summed E-state index contributed by atoms with van der Waals surface area (Å²) in [5.74, 6) is -5.43. The van der Waals surface area contributed by atoms with Crippen molar-refractivity contribution in [3.63, 3.8) is 0 Å². The molecule has 0 aliphatic carbocycles. The van der Waals surface area contributed by atoms with Crippen molar-refractivity contribution in [2.24, 2.45) is 5.73 Å². The van der Waals surface area contributed by atoms with Gasteiger partial charge in [0, 0.05) is 30.9 Å². The molecule has 3 amide bonds. The molecule has 1 aliphatic rings. The summed E-state index contributed by atoms with van der Waals surface area (Å²) in [6.45, 7) is 0.429. The molecule has 4 rings (SSSR count). The van der Waals surface area contributed by atoms with Crippen LogP contribution in [0.5, 0.6) is 0 Å². The molecule has 13 heteroatoms. The van der Waals surface area contributed by atoms with Crippen LogP contribution >= 0.6 is 11.6 Å². The first-order valence-corrected chi connectivity index (χ1v) is 12.0. The largest absolute Gasteiger partial charge is 0.364 e. The summed E-state index contributed by atoms with van der Waals surface area (Å²) < 4.78 is 41.9. The number of likely N-dealkylation sites (tertiary alicyclic amines) is 1. The van der Waals surface area contributed by atoms with E-state index in [1.807, 2.05) is 0 Å². The molecule has 9 nitrogen and oxygen atoms in total. The summed E-state index contributed by atoms with van der Waals surface area (Å²) in [5.41, 5.74) is 5.95. The van der Waals surface area contributed by atoms with Crippen molar-refractivity contribution in [2.45, 2.75) is 18.8 Å². The van der Waals surface area contributed by atoms with Crippen molar-refractivity contribution in [1.82, 2.24) is 19.8 Å². The quantitative estimate of drug-likeness (QED) is 0.398. The Hall–Kier alpha value is -3.90. The van der Waals surface area contributed by atoms with Crippen LogP contribution in [0.1, 0.15) is 44.2 Å². The number of aromatic nitrogens is 2. The first kappa shape index (κ1) is 27.1. The van der Waals surface area contributed by atoms with E-state index in [0.29, 0.717) is 24.3 Å². The van der Waals surface area contributed by atoms with E-state index in [9.17, 15) is 27.6 Å². The molecule has 4 N–H and O–H groups in total. The zero-order valence-corrected chi connectivity index (χ0v) is 20.8. The lowest BCUT2D eigenvalue weighted by atomic mass is 10.1. The van der Waals surface area contributed by atoms with Crippen molar-refractivity contribution in [3.8, 4) is 5.69 Å². The van der Waals surface area contributed by atoms with Crippen LogP contribution in [0.3, 0.4) is 0 Å². The first-order valence-electron chi connectivity index (χ1n) is 11.7. The lowest BCUT2D eigenvalue weighted by Crippen LogP contribution is -2.45. The molecule has 200 valence electrons. The van der Waals surface area contributed by atoms with Crippen LogP contribution in [0.15, 0.2) is 48.8 Å². The maximum absolute atomic E-state index is 13.6. The van der Waals surface area contributed by atoms with Crippen LogP contribution in [0.25, 0.3) is 5.69 Å². The Labute approximate surface area is 220 Å². The van der Waals surface area contributed by atoms with Crippen molar-refractivity contribution >= 4 is 35.0 Å². The molecule has 0 bridgehead atoms. The van der Waals surface area contributed by atoms with Crippen LogP contribution in [0.2, 0.25) is 5.02 Å². The van der Waals surface area contributed by atoms with E-state index in [2.05, 4.69) is 15.6 Å². The van der Waals surface area contributed by atoms with Gasteiger partial charge in [-0.05, 0) is 55.4 Å². The molecular formula is C25H24ClF3N6O3. The van der Waals surface area contributed by atoms with Gasteiger partial charge in [-0.2, -0.15) is 0 Å². The second kappa shape index (κ2) is 11.2. The number of halogens is 4. The molecule has 0 unspecified atom stereocenters. The van der Waals surface area contributed by atoms with Gasteiger partial charge in [-0.3, -0.25) is 23.9 Å². The Morgan fingerprint density at radius 2 is 1.84 bits per heavy atom. The summed E-state index contributed by atoms with van der Waals surface area (Å²) in [7, 11) is 0. The fourth-order valence-corrected chi connectivity index (χ4v) is 4.42. The van der Waals surface area contributed by atoms with Crippen LogP contribution in [0.4, 0.5) is 18.9 Å². The molecule has 0 spiro atoms. The average molecular weight is 549 g/mol. The molecule has 3 aromatic rings. The zero-order valence-electron chi connectivity index (χ0n) is 20.0. The van der Waals surface area contributed by atoms with Gasteiger partial charge >= 0.3 is 0 Å². The summed E-state index contributed by atoms with van der Waals surface area (Å²) in [6, 6.07) is 9.65. The van der Waals surface area contributed by atoms with E-state index in [4.69, 9.17) is 17.3 Å². The van der Waals surface area contributed by atoms with Gasteiger partial charge in [0.1, 0.15) is 17.8 Å². The predicted octanol–water partition coefficient (Wildman–Crippen LogP) is 3.48. The van der Waals surface area contributed by atoms with E-state index < -0.39 is 29.5 Å². The topological polar surface area (TPSA) is 122 Å². The van der Waals surface area contributed by atoms with Gasteiger partial charge in [0.2, 0.25) is 0 Å². The van der Waals surface area contributed by atoms with E-state index in [1.54, 1.807) is 29.2 Å². The lowest BCUT2D eigenvalue weighted by molar-refractivity contribution is -0.0632. The second-order valence-electron chi connectivity index (χ2n) is 8.79. The van der Waals surface area contributed by atoms with Gasteiger partial charge in [-0.15, -0.1) is 0 Å². The highest BCUT2D eigenvalue weighted by Crippen LogP contribution is 2.26. The third-order valence-corrected chi connectivity index (χ3v) is 6.29. The molecule has 2 aromatic carbocycles. The molecule has 0 radical (unpaired) electrons.